The van der Waals surface area contributed by atoms with E-state index < -0.39 is 0 Å². The van der Waals surface area contributed by atoms with Crippen LogP contribution in [0.2, 0.25) is 0 Å². The zero-order valence-electron chi connectivity index (χ0n) is 5.81. The first-order chi connectivity index (χ1) is 3.81. The van der Waals surface area contributed by atoms with E-state index in [1.54, 1.807) is 0 Å². The lowest BCUT2D eigenvalue weighted by Crippen LogP contribution is -1.83. The third-order valence-corrected chi connectivity index (χ3v) is 0.815. The van der Waals surface area contributed by atoms with Gasteiger partial charge in [-0.25, -0.2) is 0 Å². The summed E-state index contributed by atoms with van der Waals surface area (Å²) in [5.41, 5.74) is 1.11. The molecule has 0 heterocycles. The summed E-state index contributed by atoms with van der Waals surface area (Å²) in [6.45, 7) is 6.92. The highest BCUT2D eigenvalue weighted by atomic mass is 14.7. The molecule has 1 heteroatoms. The van der Waals surface area contributed by atoms with Gasteiger partial charge in [-0.2, -0.15) is 0 Å². The van der Waals surface area contributed by atoms with Crippen molar-refractivity contribution < 1.29 is 0 Å². The van der Waals surface area contributed by atoms with E-state index in [2.05, 4.69) is 4.99 Å². The summed E-state index contributed by atoms with van der Waals surface area (Å²) < 4.78 is 0. The van der Waals surface area contributed by atoms with Crippen molar-refractivity contribution in [2.24, 2.45) is 4.99 Å². The first-order valence-electron chi connectivity index (χ1n) is 2.95. The molecule has 0 saturated heterocycles. The van der Waals surface area contributed by atoms with Crippen molar-refractivity contribution in [2.45, 2.75) is 20.8 Å². The molecule has 0 aromatic heterocycles. The van der Waals surface area contributed by atoms with Crippen LogP contribution in [0.3, 0.4) is 0 Å². The first kappa shape index (κ1) is 7.41. The Hall–Kier alpha value is -0.590. The van der Waals surface area contributed by atoms with Gasteiger partial charge in [0.2, 0.25) is 0 Å². The molecule has 0 aliphatic rings. The minimum absolute atomic E-state index is 0.885. The van der Waals surface area contributed by atoms with E-state index in [1.807, 2.05) is 32.9 Å². The Kier molecular flexibility index (Phi) is 4.23. The van der Waals surface area contributed by atoms with Gasteiger partial charge in [0.1, 0.15) is 0 Å². The van der Waals surface area contributed by atoms with Crippen molar-refractivity contribution in [3.05, 3.63) is 12.2 Å². The molecule has 0 amide bonds. The molecule has 0 spiro atoms. The van der Waals surface area contributed by atoms with Crippen molar-refractivity contribution in [3.63, 3.8) is 0 Å². The van der Waals surface area contributed by atoms with E-state index in [0.717, 1.165) is 12.3 Å². The largest absolute Gasteiger partial charge is 0.290 e. The van der Waals surface area contributed by atoms with Crippen molar-refractivity contribution in [1.29, 1.82) is 0 Å². The van der Waals surface area contributed by atoms with E-state index in [4.69, 9.17) is 0 Å². The Morgan fingerprint density at radius 1 is 1.62 bits per heavy atom. The van der Waals surface area contributed by atoms with Gasteiger partial charge in [0.25, 0.3) is 0 Å². The van der Waals surface area contributed by atoms with Gasteiger partial charge in [-0.05, 0) is 26.8 Å². The van der Waals surface area contributed by atoms with Crippen LogP contribution in [0.1, 0.15) is 20.8 Å². The number of allylic oxidation sites excluding steroid dienone is 2. The average Bonchev–Trinajstić information content (AvgIpc) is 1.68. The molecule has 0 aliphatic heterocycles. The lowest BCUT2D eigenvalue weighted by Gasteiger charge is -1.85. The van der Waals surface area contributed by atoms with E-state index in [-0.39, 0.29) is 0 Å². The van der Waals surface area contributed by atoms with E-state index in [9.17, 15) is 0 Å². The number of hydrogen-bond acceptors (Lipinski definition) is 1. The quantitative estimate of drug-likeness (QED) is 0.483. The summed E-state index contributed by atoms with van der Waals surface area (Å²) in [5.74, 6) is 0. The maximum atomic E-state index is 4.14. The summed E-state index contributed by atoms with van der Waals surface area (Å²) in [6, 6.07) is 0. The van der Waals surface area contributed by atoms with Gasteiger partial charge < -0.3 is 0 Å². The second kappa shape index (κ2) is 4.57. The summed E-state index contributed by atoms with van der Waals surface area (Å²) in [5, 5.41) is 0. The summed E-state index contributed by atoms with van der Waals surface area (Å²) in [6.07, 6.45) is 4.00. The van der Waals surface area contributed by atoms with Gasteiger partial charge in [0.15, 0.2) is 0 Å². The Bertz CT molecular complexity index is 101. The molecule has 0 atom stereocenters. The average molecular weight is 111 g/mol. The minimum Gasteiger partial charge on any atom is -0.290 e. The smallest absolute Gasteiger partial charge is 0.0364 e. The van der Waals surface area contributed by atoms with Gasteiger partial charge in [0, 0.05) is 12.3 Å². The second-order valence-corrected chi connectivity index (χ2v) is 1.62. The molecule has 0 aromatic carbocycles. The zero-order chi connectivity index (χ0) is 6.41. The molecule has 0 N–H and O–H groups in total. The summed E-state index contributed by atoms with van der Waals surface area (Å²) >= 11 is 0. The fourth-order valence-corrected chi connectivity index (χ4v) is 0.543. The molecule has 0 unspecified atom stereocenters. The first-order valence-corrected chi connectivity index (χ1v) is 2.95. The monoisotopic (exact) mass is 111 g/mol. The van der Waals surface area contributed by atoms with Gasteiger partial charge in [0.05, 0.1) is 0 Å². The molecule has 0 bridgehead atoms. The van der Waals surface area contributed by atoms with E-state index >= 15 is 0 Å². The highest BCUT2D eigenvalue weighted by molar-refractivity contribution is 5.92. The molecule has 0 radical (unpaired) electrons. The van der Waals surface area contributed by atoms with Crippen LogP contribution in [0, 0.1) is 0 Å². The Labute approximate surface area is 51.1 Å². The van der Waals surface area contributed by atoms with Gasteiger partial charge >= 0.3 is 0 Å². The minimum atomic E-state index is 0.885. The van der Waals surface area contributed by atoms with E-state index in [0.29, 0.717) is 0 Å². The molecule has 46 valence electrons. The second-order valence-electron chi connectivity index (χ2n) is 1.62. The van der Waals surface area contributed by atoms with Gasteiger partial charge in [-0.3, -0.25) is 4.99 Å². The summed E-state index contributed by atoms with van der Waals surface area (Å²) in [7, 11) is 0. The van der Waals surface area contributed by atoms with Crippen molar-refractivity contribution in [1.82, 2.24) is 0 Å². The maximum Gasteiger partial charge on any atom is 0.0364 e. The van der Waals surface area contributed by atoms with Crippen molar-refractivity contribution in [2.75, 3.05) is 6.54 Å². The van der Waals surface area contributed by atoms with Crippen LogP contribution >= 0.6 is 0 Å². The van der Waals surface area contributed by atoms with Crippen molar-refractivity contribution >= 4 is 5.71 Å². The fraction of sp³-hybridized carbons (Fsp3) is 0.571. The lowest BCUT2D eigenvalue weighted by atomic mass is 10.4. The third kappa shape index (κ3) is 3.59. The van der Waals surface area contributed by atoms with Crippen LogP contribution in [0.5, 0.6) is 0 Å². The molecular weight excluding hydrogens is 98.1 g/mol. The van der Waals surface area contributed by atoms with Gasteiger partial charge in [-0.15, -0.1) is 0 Å². The third-order valence-electron chi connectivity index (χ3n) is 0.815. The standard InChI is InChI=1S/C7H13N/c1-4-6-7(3)8-5-2/h4,6H,5H2,1-3H3/b6-4-,8-7?. The fourth-order valence-electron chi connectivity index (χ4n) is 0.543. The highest BCUT2D eigenvalue weighted by Gasteiger charge is 1.75. The Morgan fingerprint density at radius 2 is 2.25 bits per heavy atom. The van der Waals surface area contributed by atoms with Crippen LogP contribution in [0.25, 0.3) is 0 Å². The summed E-state index contributed by atoms with van der Waals surface area (Å²) in [4.78, 5) is 4.14. The van der Waals surface area contributed by atoms with Crippen molar-refractivity contribution in [3.8, 4) is 0 Å². The molecule has 0 rings (SSSR count). The lowest BCUT2D eigenvalue weighted by molar-refractivity contribution is 1.13. The van der Waals surface area contributed by atoms with Crippen LogP contribution in [0.4, 0.5) is 0 Å². The molecule has 8 heavy (non-hydrogen) atoms. The predicted octanol–water partition coefficient (Wildman–Crippen LogP) is 2.04. The Balaban J connectivity index is 3.61. The molecule has 0 fully saturated rings. The molecule has 0 aromatic rings. The molecule has 0 aliphatic carbocycles. The normalized spacial score (nSPS) is 13.1. The molecular formula is C7H13N. The SMILES string of the molecule is C/C=C\C(C)=NCC. The number of rotatable bonds is 2. The van der Waals surface area contributed by atoms with E-state index in [1.165, 1.54) is 0 Å². The van der Waals surface area contributed by atoms with Crippen LogP contribution < -0.4 is 0 Å². The molecule has 0 saturated carbocycles. The van der Waals surface area contributed by atoms with Crippen LogP contribution in [0.15, 0.2) is 17.1 Å². The predicted molar refractivity (Wildman–Crippen MR) is 38.5 cm³/mol. The maximum absolute atomic E-state index is 4.14. The van der Waals surface area contributed by atoms with Crippen LogP contribution in [-0.2, 0) is 0 Å². The zero-order valence-corrected chi connectivity index (χ0v) is 5.81. The number of aliphatic imine (C=N–C) groups is 1. The number of nitrogens with zero attached hydrogens (tertiary/aromatic N) is 1. The highest BCUT2D eigenvalue weighted by Crippen LogP contribution is 1.79. The molecule has 1 nitrogen and oxygen atoms in total. The Morgan fingerprint density at radius 3 is 2.62 bits per heavy atom. The number of hydrogen-bond donors (Lipinski definition) is 0. The van der Waals surface area contributed by atoms with Gasteiger partial charge in [-0.1, -0.05) is 6.08 Å². The van der Waals surface area contributed by atoms with Crippen LogP contribution in [-0.4, -0.2) is 12.3 Å². The topological polar surface area (TPSA) is 12.4 Å².